The molecule has 0 unspecified atom stereocenters. The van der Waals surface area contributed by atoms with Crippen LogP contribution in [0.5, 0.6) is 0 Å². The van der Waals surface area contributed by atoms with Gasteiger partial charge < -0.3 is 10.1 Å². The van der Waals surface area contributed by atoms with E-state index in [2.05, 4.69) is 15.3 Å². The molecule has 146 valence electrons. The van der Waals surface area contributed by atoms with Crippen molar-refractivity contribution < 1.29 is 9.53 Å². The maximum absolute atomic E-state index is 12.7. The second-order valence-corrected chi connectivity index (χ2v) is 7.35. The van der Waals surface area contributed by atoms with Crippen LogP contribution in [0, 0.1) is 0 Å². The number of piperidine rings is 1. The van der Waals surface area contributed by atoms with Gasteiger partial charge in [-0.15, -0.1) is 0 Å². The third-order valence-electron chi connectivity index (χ3n) is 5.48. The molecule has 3 aromatic rings. The Morgan fingerprint density at radius 3 is 2.57 bits per heavy atom. The van der Waals surface area contributed by atoms with Crippen molar-refractivity contribution in [3.63, 3.8) is 0 Å². The van der Waals surface area contributed by atoms with Gasteiger partial charge in [0.1, 0.15) is 0 Å². The molecule has 0 atom stereocenters. The van der Waals surface area contributed by atoms with Crippen LogP contribution in [0.2, 0.25) is 0 Å². The van der Waals surface area contributed by atoms with Crippen molar-refractivity contribution >= 4 is 22.6 Å². The molecule has 1 aliphatic rings. The fourth-order valence-corrected chi connectivity index (χ4v) is 3.81. The third-order valence-corrected chi connectivity index (χ3v) is 5.48. The van der Waals surface area contributed by atoms with Gasteiger partial charge >= 0.3 is 0 Å². The Bertz CT molecular complexity index is 956. The lowest BCUT2D eigenvalue weighted by Gasteiger charge is -2.31. The van der Waals surface area contributed by atoms with Crippen LogP contribution in [0.15, 0.2) is 48.5 Å². The lowest BCUT2D eigenvalue weighted by atomic mass is 10.1. The van der Waals surface area contributed by atoms with Crippen molar-refractivity contribution in [2.24, 2.45) is 7.05 Å². The molecule has 6 nitrogen and oxygen atoms in total. The number of likely N-dealkylation sites (tertiary alicyclic amines) is 1. The maximum Gasteiger partial charge on any atom is 0.256 e. The van der Waals surface area contributed by atoms with E-state index in [1.54, 1.807) is 11.8 Å². The van der Waals surface area contributed by atoms with Gasteiger partial charge in [-0.05, 0) is 42.7 Å². The number of benzene rings is 2. The number of aromatic nitrogens is 2. The van der Waals surface area contributed by atoms with Gasteiger partial charge in [0.05, 0.1) is 11.6 Å². The number of hydrogen-bond acceptors (Lipinski definition) is 4. The van der Waals surface area contributed by atoms with Crippen LogP contribution in [0.3, 0.4) is 0 Å². The summed E-state index contributed by atoms with van der Waals surface area (Å²) < 4.78 is 7.21. The van der Waals surface area contributed by atoms with Gasteiger partial charge in [0, 0.05) is 44.7 Å². The monoisotopic (exact) mass is 378 g/mol. The van der Waals surface area contributed by atoms with Crippen molar-refractivity contribution in [2.45, 2.75) is 25.5 Å². The standard InChI is InChI=1S/C22H26N4O2/c1-25-20-6-4-3-5-19(20)21(24-25)23-22(27)17-9-7-16(8-10-17)15-26-13-11-18(28-2)12-14-26/h3-10,18H,11-15H2,1-2H3,(H,23,24,27). The first-order valence-electron chi connectivity index (χ1n) is 9.71. The van der Waals surface area contributed by atoms with Crippen LogP contribution in [0.25, 0.3) is 10.9 Å². The van der Waals surface area contributed by atoms with Crippen LogP contribution >= 0.6 is 0 Å². The molecule has 1 N–H and O–H groups in total. The minimum absolute atomic E-state index is 0.142. The first kappa shape index (κ1) is 18.7. The largest absolute Gasteiger partial charge is 0.381 e. The molecule has 28 heavy (non-hydrogen) atoms. The summed E-state index contributed by atoms with van der Waals surface area (Å²) in [5, 5.41) is 8.31. The quantitative estimate of drug-likeness (QED) is 0.739. The number of carbonyl (C=O) groups excluding carboxylic acids is 1. The Labute approximate surface area is 165 Å². The molecule has 0 radical (unpaired) electrons. The number of aryl methyl sites for hydroxylation is 1. The molecule has 2 aromatic carbocycles. The van der Waals surface area contributed by atoms with Crippen LogP contribution in [-0.2, 0) is 18.3 Å². The van der Waals surface area contributed by atoms with Gasteiger partial charge in [-0.1, -0.05) is 24.3 Å². The molecule has 0 saturated carbocycles. The average molecular weight is 378 g/mol. The second-order valence-electron chi connectivity index (χ2n) is 7.35. The molecule has 1 aromatic heterocycles. The number of hydrogen-bond donors (Lipinski definition) is 1. The third kappa shape index (κ3) is 3.93. The molecule has 1 fully saturated rings. The number of nitrogens with zero attached hydrogens (tertiary/aromatic N) is 3. The Morgan fingerprint density at radius 1 is 1.14 bits per heavy atom. The predicted octanol–water partition coefficient (Wildman–Crippen LogP) is 3.44. The number of nitrogens with one attached hydrogen (secondary N) is 1. The van der Waals surface area contributed by atoms with Crippen LogP contribution in [0.4, 0.5) is 5.82 Å². The van der Waals surface area contributed by atoms with Crippen LogP contribution in [-0.4, -0.2) is 46.9 Å². The Morgan fingerprint density at radius 2 is 1.86 bits per heavy atom. The molecular formula is C22H26N4O2. The van der Waals surface area contributed by atoms with E-state index in [1.807, 2.05) is 55.6 Å². The van der Waals surface area contributed by atoms with Crippen LogP contribution < -0.4 is 5.32 Å². The first-order chi connectivity index (χ1) is 13.6. The van der Waals surface area contributed by atoms with Crippen LogP contribution in [0.1, 0.15) is 28.8 Å². The molecule has 0 aliphatic carbocycles. The molecule has 0 spiro atoms. The van der Waals surface area contributed by atoms with Crippen molar-refractivity contribution in [3.8, 4) is 0 Å². The van der Waals surface area contributed by atoms with Gasteiger partial charge in [0.2, 0.25) is 0 Å². The fourth-order valence-electron chi connectivity index (χ4n) is 3.81. The molecule has 6 heteroatoms. The number of ether oxygens (including phenoxy) is 1. The fraction of sp³-hybridized carbons (Fsp3) is 0.364. The summed E-state index contributed by atoms with van der Waals surface area (Å²) in [5.74, 6) is 0.449. The van der Waals surface area contributed by atoms with E-state index >= 15 is 0 Å². The number of amides is 1. The number of rotatable bonds is 5. The van der Waals surface area contributed by atoms with E-state index in [0.29, 0.717) is 17.5 Å². The number of fused-ring (bicyclic) bond motifs is 1. The van der Waals surface area contributed by atoms with E-state index in [0.717, 1.165) is 43.4 Å². The van der Waals surface area contributed by atoms with E-state index in [4.69, 9.17) is 4.74 Å². The van der Waals surface area contributed by atoms with Gasteiger partial charge in [0.25, 0.3) is 5.91 Å². The molecule has 1 saturated heterocycles. The van der Waals surface area contributed by atoms with Crippen molar-refractivity contribution in [3.05, 3.63) is 59.7 Å². The average Bonchev–Trinajstić information content (AvgIpc) is 3.05. The Kier molecular flexibility index (Phi) is 5.41. The Balaban J connectivity index is 1.40. The minimum Gasteiger partial charge on any atom is -0.381 e. The van der Waals surface area contributed by atoms with E-state index in [9.17, 15) is 4.79 Å². The smallest absolute Gasteiger partial charge is 0.256 e. The Hall–Kier alpha value is -2.70. The zero-order valence-corrected chi connectivity index (χ0v) is 16.4. The summed E-state index contributed by atoms with van der Waals surface area (Å²) in [6.45, 7) is 3.00. The molecule has 0 bridgehead atoms. The number of anilines is 1. The van der Waals surface area contributed by atoms with Gasteiger partial charge in [-0.2, -0.15) is 5.10 Å². The highest BCUT2D eigenvalue weighted by molar-refractivity contribution is 6.07. The van der Waals surface area contributed by atoms with Gasteiger partial charge in [-0.25, -0.2) is 0 Å². The summed E-state index contributed by atoms with van der Waals surface area (Å²) in [6.07, 6.45) is 2.55. The highest BCUT2D eigenvalue weighted by Gasteiger charge is 2.19. The normalized spacial score (nSPS) is 15.8. The molecular weight excluding hydrogens is 352 g/mol. The molecule has 1 aliphatic heterocycles. The minimum atomic E-state index is -0.142. The van der Waals surface area contributed by atoms with Crippen molar-refractivity contribution in [1.29, 1.82) is 0 Å². The summed E-state index contributed by atoms with van der Waals surface area (Å²) in [4.78, 5) is 15.1. The highest BCUT2D eigenvalue weighted by atomic mass is 16.5. The topological polar surface area (TPSA) is 59.4 Å². The zero-order chi connectivity index (χ0) is 19.5. The molecule has 2 heterocycles. The first-order valence-corrected chi connectivity index (χ1v) is 9.71. The molecule has 4 rings (SSSR count). The summed E-state index contributed by atoms with van der Waals surface area (Å²) >= 11 is 0. The van der Waals surface area contributed by atoms with E-state index < -0.39 is 0 Å². The van der Waals surface area contributed by atoms with Crippen molar-refractivity contribution in [1.82, 2.24) is 14.7 Å². The second kappa shape index (κ2) is 8.12. The SMILES string of the molecule is COC1CCN(Cc2ccc(C(=O)Nc3nn(C)c4ccccc34)cc2)CC1. The maximum atomic E-state index is 12.7. The lowest BCUT2D eigenvalue weighted by molar-refractivity contribution is 0.0388. The van der Waals surface area contributed by atoms with Gasteiger partial charge in [0.15, 0.2) is 5.82 Å². The summed E-state index contributed by atoms with van der Waals surface area (Å²) in [6, 6.07) is 15.7. The lowest BCUT2D eigenvalue weighted by Crippen LogP contribution is -2.36. The van der Waals surface area contributed by atoms with Gasteiger partial charge in [-0.3, -0.25) is 14.4 Å². The van der Waals surface area contributed by atoms with E-state index in [-0.39, 0.29) is 5.91 Å². The highest BCUT2D eigenvalue weighted by Crippen LogP contribution is 2.22. The summed E-state index contributed by atoms with van der Waals surface area (Å²) in [7, 11) is 3.67. The van der Waals surface area contributed by atoms with Crippen molar-refractivity contribution in [2.75, 3.05) is 25.5 Å². The zero-order valence-electron chi connectivity index (χ0n) is 16.4. The number of carbonyl (C=O) groups is 1. The predicted molar refractivity (Wildman–Crippen MR) is 110 cm³/mol. The van der Waals surface area contributed by atoms with E-state index in [1.165, 1.54) is 5.56 Å². The molecule has 1 amide bonds. The number of para-hydroxylation sites is 1. The number of methoxy groups -OCH3 is 1. The summed E-state index contributed by atoms with van der Waals surface area (Å²) in [5.41, 5.74) is 2.85.